The van der Waals surface area contributed by atoms with E-state index in [4.69, 9.17) is 5.84 Å². The van der Waals surface area contributed by atoms with Gasteiger partial charge < -0.3 is 5.84 Å². The number of amides is 1. The molecule has 1 aliphatic carbocycles. The van der Waals surface area contributed by atoms with E-state index in [2.05, 4.69) is 10.2 Å². The minimum Gasteiger partial charge on any atom is -0.336 e. The van der Waals surface area contributed by atoms with Crippen molar-refractivity contribution in [2.24, 2.45) is 0 Å². The zero-order chi connectivity index (χ0) is 18.4. The number of rotatable bonds is 4. The number of carbonyl (C=O) groups is 1. The molecule has 1 saturated carbocycles. The minimum absolute atomic E-state index is 0.00354. The van der Waals surface area contributed by atoms with Gasteiger partial charge in [0.1, 0.15) is 0 Å². The van der Waals surface area contributed by atoms with Gasteiger partial charge in [0.2, 0.25) is 11.1 Å². The number of aromatic nitrogens is 3. The van der Waals surface area contributed by atoms with Gasteiger partial charge in [-0.25, -0.2) is 4.68 Å². The Labute approximate surface area is 165 Å². The van der Waals surface area contributed by atoms with Crippen LogP contribution in [0.25, 0.3) is 0 Å². The summed E-state index contributed by atoms with van der Waals surface area (Å²) in [6.45, 7) is 0. The molecule has 0 unspecified atom stereocenters. The van der Waals surface area contributed by atoms with Crippen LogP contribution in [0.1, 0.15) is 24.6 Å². The summed E-state index contributed by atoms with van der Waals surface area (Å²) in [5.41, 5.74) is 1.83. The quantitative estimate of drug-likeness (QED) is 0.535. The highest BCUT2D eigenvalue weighted by molar-refractivity contribution is 8.00. The van der Waals surface area contributed by atoms with E-state index in [9.17, 15) is 4.79 Å². The van der Waals surface area contributed by atoms with E-state index in [1.54, 1.807) is 16.7 Å². The molecule has 8 heteroatoms. The molecule has 1 aliphatic heterocycles. The first-order valence-corrected chi connectivity index (χ1v) is 10.5. The van der Waals surface area contributed by atoms with Crippen LogP contribution in [0.2, 0.25) is 0 Å². The number of hydrogen-bond donors (Lipinski definition) is 1. The van der Waals surface area contributed by atoms with Gasteiger partial charge in [-0.2, -0.15) is 0 Å². The second kappa shape index (κ2) is 6.61. The van der Waals surface area contributed by atoms with Crippen LogP contribution in [0.3, 0.4) is 0 Å². The second-order valence-corrected chi connectivity index (χ2v) is 8.57. The lowest BCUT2D eigenvalue weighted by atomic mass is 10.2. The molecular weight excluding hydrogens is 378 g/mol. The number of benzene rings is 2. The number of anilines is 2. The van der Waals surface area contributed by atoms with E-state index in [-0.39, 0.29) is 11.7 Å². The first kappa shape index (κ1) is 16.7. The predicted octanol–water partition coefficient (Wildman–Crippen LogP) is 3.79. The van der Waals surface area contributed by atoms with Crippen molar-refractivity contribution in [3.8, 4) is 0 Å². The number of fused-ring (bicyclic) bond motifs is 2. The number of thioether (sulfide) groups is 1. The van der Waals surface area contributed by atoms with Crippen LogP contribution >= 0.6 is 23.5 Å². The summed E-state index contributed by atoms with van der Waals surface area (Å²) in [6.07, 6.45) is 2.22. The molecule has 2 aromatic carbocycles. The molecule has 27 heavy (non-hydrogen) atoms. The standard InChI is InChI=1S/C19H17N5OS2/c20-24-18(12-9-10-12)21-22-19(24)26-11-17(25)23-13-5-1-3-7-15(13)27-16-8-4-2-6-14(16)23/h1-8,12H,9-11,20H2. The Balaban J connectivity index is 1.41. The Bertz CT molecular complexity index is 985. The Morgan fingerprint density at radius 3 is 2.33 bits per heavy atom. The van der Waals surface area contributed by atoms with Crippen molar-refractivity contribution >= 4 is 40.8 Å². The third-order valence-corrected chi connectivity index (χ3v) is 6.70. The summed E-state index contributed by atoms with van der Waals surface area (Å²) in [7, 11) is 0. The number of nitrogens with two attached hydrogens (primary N) is 1. The van der Waals surface area contributed by atoms with E-state index in [1.807, 2.05) is 48.5 Å². The van der Waals surface area contributed by atoms with Crippen LogP contribution in [-0.2, 0) is 4.79 Å². The van der Waals surface area contributed by atoms with Gasteiger partial charge in [0.25, 0.3) is 0 Å². The third-order valence-electron chi connectivity index (χ3n) is 4.64. The van der Waals surface area contributed by atoms with Crippen molar-refractivity contribution in [1.82, 2.24) is 14.9 Å². The van der Waals surface area contributed by atoms with Crippen LogP contribution < -0.4 is 10.7 Å². The fourth-order valence-electron chi connectivity index (χ4n) is 3.17. The topological polar surface area (TPSA) is 77.0 Å². The molecule has 5 rings (SSSR count). The maximum Gasteiger partial charge on any atom is 0.242 e. The number of nitrogen functional groups attached to an aromatic ring is 1. The summed E-state index contributed by atoms with van der Waals surface area (Å²) in [5.74, 6) is 7.58. The molecule has 0 atom stereocenters. The summed E-state index contributed by atoms with van der Waals surface area (Å²) in [5, 5.41) is 8.92. The normalized spacial score (nSPS) is 15.3. The van der Waals surface area contributed by atoms with Crippen LogP contribution in [0.4, 0.5) is 11.4 Å². The third kappa shape index (κ3) is 2.98. The molecule has 0 spiro atoms. The van der Waals surface area contributed by atoms with Crippen molar-refractivity contribution in [3.05, 3.63) is 54.4 Å². The Kier molecular flexibility index (Phi) is 4.09. The van der Waals surface area contributed by atoms with E-state index < -0.39 is 0 Å². The molecule has 2 N–H and O–H groups in total. The minimum atomic E-state index is -0.00354. The van der Waals surface area contributed by atoms with E-state index in [0.717, 1.165) is 39.8 Å². The van der Waals surface area contributed by atoms with Crippen LogP contribution in [-0.4, -0.2) is 26.5 Å². The molecule has 1 amide bonds. The number of nitrogens with zero attached hydrogens (tertiary/aromatic N) is 4. The second-order valence-electron chi connectivity index (χ2n) is 6.54. The van der Waals surface area contributed by atoms with Crippen molar-refractivity contribution in [1.29, 1.82) is 0 Å². The first-order valence-electron chi connectivity index (χ1n) is 8.74. The van der Waals surface area contributed by atoms with Gasteiger partial charge in [-0.1, -0.05) is 47.8 Å². The van der Waals surface area contributed by atoms with Gasteiger partial charge in [0, 0.05) is 15.7 Å². The largest absolute Gasteiger partial charge is 0.336 e. The molecule has 0 radical (unpaired) electrons. The highest BCUT2D eigenvalue weighted by Crippen LogP contribution is 2.48. The zero-order valence-electron chi connectivity index (χ0n) is 14.4. The average molecular weight is 396 g/mol. The maximum absolute atomic E-state index is 13.2. The first-order chi connectivity index (χ1) is 13.2. The number of carbonyl (C=O) groups excluding carboxylic acids is 1. The van der Waals surface area contributed by atoms with Gasteiger partial charge in [-0.05, 0) is 37.1 Å². The highest BCUT2D eigenvalue weighted by atomic mass is 32.2. The van der Waals surface area contributed by atoms with Crippen LogP contribution in [0.15, 0.2) is 63.5 Å². The Morgan fingerprint density at radius 1 is 1.07 bits per heavy atom. The molecule has 1 aromatic heterocycles. The smallest absolute Gasteiger partial charge is 0.242 e. The summed E-state index contributed by atoms with van der Waals surface area (Å²) >= 11 is 3.02. The lowest BCUT2D eigenvalue weighted by molar-refractivity contribution is -0.115. The fourth-order valence-corrected chi connectivity index (χ4v) is 4.94. The Morgan fingerprint density at radius 2 is 1.70 bits per heavy atom. The van der Waals surface area contributed by atoms with Gasteiger partial charge in [0.05, 0.1) is 17.1 Å². The van der Waals surface area contributed by atoms with E-state index >= 15 is 0 Å². The molecule has 1 fully saturated rings. The summed E-state index contributed by atoms with van der Waals surface area (Å²) < 4.78 is 1.53. The van der Waals surface area contributed by atoms with Crippen molar-refractivity contribution in [3.63, 3.8) is 0 Å². The van der Waals surface area contributed by atoms with Gasteiger partial charge in [0.15, 0.2) is 5.82 Å². The molecule has 2 heterocycles. The molecule has 6 nitrogen and oxygen atoms in total. The zero-order valence-corrected chi connectivity index (χ0v) is 16.0. The highest BCUT2D eigenvalue weighted by Gasteiger charge is 2.31. The SMILES string of the molecule is Nn1c(SCC(=O)N2c3ccccc3Sc3ccccc32)nnc1C1CC1. The van der Waals surface area contributed by atoms with Crippen molar-refractivity contribution in [2.75, 3.05) is 16.5 Å². The van der Waals surface area contributed by atoms with Crippen LogP contribution in [0, 0.1) is 0 Å². The maximum atomic E-state index is 13.2. The number of hydrogen-bond acceptors (Lipinski definition) is 6. The van der Waals surface area contributed by atoms with Crippen molar-refractivity contribution in [2.45, 2.75) is 33.7 Å². The molecule has 2 aliphatic rings. The van der Waals surface area contributed by atoms with Gasteiger partial charge in [-0.3, -0.25) is 9.69 Å². The molecule has 3 aromatic rings. The summed E-state index contributed by atoms with van der Waals surface area (Å²) in [6, 6.07) is 16.0. The monoisotopic (exact) mass is 395 g/mol. The van der Waals surface area contributed by atoms with E-state index in [1.165, 1.54) is 16.4 Å². The van der Waals surface area contributed by atoms with E-state index in [0.29, 0.717) is 11.1 Å². The lowest BCUT2D eigenvalue weighted by Crippen LogP contribution is -2.30. The molecule has 136 valence electrons. The summed E-state index contributed by atoms with van der Waals surface area (Å²) in [4.78, 5) is 17.1. The molecular formula is C19H17N5OS2. The van der Waals surface area contributed by atoms with Gasteiger partial charge >= 0.3 is 0 Å². The lowest BCUT2D eigenvalue weighted by Gasteiger charge is -2.30. The number of para-hydroxylation sites is 2. The molecule has 0 saturated heterocycles. The molecule has 0 bridgehead atoms. The average Bonchev–Trinajstić information content (AvgIpc) is 3.47. The fraction of sp³-hybridized carbons (Fsp3) is 0.211. The van der Waals surface area contributed by atoms with Crippen LogP contribution in [0.5, 0.6) is 0 Å². The predicted molar refractivity (Wildman–Crippen MR) is 107 cm³/mol. The van der Waals surface area contributed by atoms with Crippen molar-refractivity contribution < 1.29 is 4.79 Å². The Hall–Kier alpha value is -2.45. The van der Waals surface area contributed by atoms with Gasteiger partial charge in [-0.15, -0.1) is 10.2 Å².